The molecule has 0 unspecified atom stereocenters. The Bertz CT molecular complexity index is 351. The topological polar surface area (TPSA) is 33.3 Å². The van der Waals surface area contributed by atoms with Gasteiger partial charge in [-0.1, -0.05) is 11.6 Å². The Hall–Kier alpha value is -0.930. The van der Waals surface area contributed by atoms with Crippen LogP contribution in [-0.2, 0) is 0 Å². The molecule has 0 radical (unpaired) electrons. The maximum absolute atomic E-state index is 5.98. The smallest absolute Gasteiger partial charge is 0.142 e. The Morgan fingerprint density at radius 1 is 1.38 bits per heavy atom. The quantitative estimate of drug-likeness (QED) is 0.852. The molecular formula is C12H17ClN2O. The standard InChI is InChI=1S/C12H17ClN2O/c1-16-12-3-2-9(13)8-11(12)15-10-4-6-14-7-5-10/h2-3,8,10,14-15H,4-7H2,1H3. The van der Waals surface area contributed by atoms with E-state index in [2.05, 4.69) is 10.6 Å². The summed E-state index contributed by atoms with van der Waals surface area (Å²) in [5.74, 6) is 0.850. The molecule has 88 valence electrons. The third kappa shape index (κ3) is 2.80. The number of benzene rings is 1. The Morgan fingerprint density at radius 2 is 2.12 bits per heavy atom. The van der Waals surface area contributed by atoms with Gasteiger partial charge in [0.05, 0.1) is 12.8 Å². The van der Waals surface area contributed by atoms with Crippen LogP contribution in [0.25, 0.3) is 0 Å². The maximum Gasteiger partial charge on any atom is 0.142 e. The van der Waals surface area contributed by atoms with Gasteiger partial charge in [-0.05, 0) is 44.1 Å². The van der Waals surface area contributed by atoms with Gasteiger partial charge < -0.3 is 15.4 Å². The summed E-state index contributed by atoms with van der Waals surface area (Å²) in [6.45, 7) is 2.14. The van der Waals surface area contributed by atoms with E-state index in [-0.39, 0.29) is 0 Å². The van der Waals surface area contributed by atoms with Gasteiger partial charge in [0.25, 0.3) is 0 Å². The lowest BCUT2D eigenvalue weighted by Crippen LogP contribution is -2.35. The van der Waals surface area contributed by atoms with E-state index >= 15 is 0 Å². The minimum absolute atomic E-state index is 0.508. The van der Waals surface area contributed by atoms with Gasteiger partial charge in [-0.15, -0.1) is 0 Å². The van der Waals surface area contributed by atoms with Crippen LogP contribution in [0, 0.1) is 0 Å². The molecule has 0 aliphatic carbocycles. The van der Waals surface area contributed by atoms with Gasteiger partial charge in [-0.2, -0.15) is 0 Å². The van der Waals surface area contributed by atoms with E-state index in [0.29, 0.717) is 6.04 Å². The van der Waals surface area contributed by atoms with Crippen LogP contribution in [0.4, 0.5) is 5.69 Å². The predicted molar refractivity (Wildman–Crippen MR) is 67.5 cm³/mol. The number of piperidine rings is 1. The van der Waals surface area contributed by atoms with E-state index in [1.165, 1.54) is 0 Å². The SMILES string of the molecule is COc1ccc(Cl)cc1NC1CCNCC1. The fourth-order valence-corrected chi connectivity index (χ4v) is 2.15. The Labute approximate surface area is 101 Å². The molecule has 1 heterocycles. The summed E-state index contributed by atoms with van der Waals surface area (Å²) in [4.78, 5) is 0. The zero-order valence-electron chi connectivity index (χ0n) is 9.42. The van der Waals surface area contributed by atoms with E-state index < -0.39 is 0 Å². The van der Waals surface area contributed by atoms with Crippen molar-refractivity contribution in [2.45, 2.75) is 18.9 Å². The van der Waals surface area contributed by atoms with Crippen LogP contribution >= 0.6 is 11.6 Å². The number of nitrogens with one attached hydrogen (secondary N) is 2. The summed E-state index contributed by atoms with van der Waals surface area (Å²) in [7, 11) is 1.68. The molecule has 1 fully saturated rings. The number of ether oxygens (including phenoxy) is 1. The molecule has 0 atom stereocenters. The molecule has 0 amide bonds. The Morgan fingerprint density at radius 3 is 2.81 bits per heavy atom. The summed E-state index contributed by atoms with van der Waals surface area (Å²) in [6, 6.07) is 6.16. The lowest BCUT2D eigenvalue weighted by atomic mass is 10.1. The minimum Gasteiger partial charge on any atom is -0.495 e. The lowest BCUT2D eigenvalue weighted by molar-refractivity contribution is 0.414. The van der Waals surface area contributed by atoms with Crippen molar-refractivity contribution in [3.8, 4) is 5.75 Å². The molecule has 2 N–H and O–H groups in total. The maximum atomic E-state index is 5.98. The summed E-state index contributed by atoms with van der Waals surface area (Å²) >= 11 is 5.98. The van der Waals surface area contributed by atoms with Crippen molar-refractivity contribution < 1.29 is 4.74 Å². The number of hydrogen-bond acceptors (Lipinski definition) is 3. The first kappa shape index (κ1) is 11.6. The molecule has 0 bridgehead atoms. The van der Waals surface area contributed by atoms with Crippen molar-refractivity contribution in [2.75, 3.05) is 25.5 Å². The molecule has 1 aromatic carbocycles. The number of anilines is 1. The second-order valence-corrected chi connectivity index (χ2v) is 4.45. The fraction of sp³-hybridized carbons (Fsp3) is 0.500. The third-order valence-electron chi connectivity index (χ3n) is 2.86. The summed E-state index contributed by atoms with van der Waals surface area (Å²) in [6.07, 6.45) is 2.27. The number of methoxy groups -OCH3 is 1. The average Bonchev–Trinajstić information content (AvgIpc) is 2.31. The normalized spacial score (nSPS) is 17.1. The number of rotatable bonds is 3. The summed E-state index contributed by atoms with van der Waals surface area (Å²) in [5.41, 5.74) is 0.988. The lowest BCUT2D eigenvalue weighted by Gasteiger charge is -2.25. The highest BCUT2D eigenvalue weighted by molar-refractivity contribution is 6.30. The van der Waals surface area contributed by atoms with Gasteiger partial charge in [0, 0.05) is 11.1 Å². The van der Waals surface area contributed by atoms with Crippen molar-refractivity contribution in [2.24, 2.45) is 0 Å². The van der Waals surface area contributed by atoms with Gasteiger partial charge >= 0.3 is 0 Å². The molecule has 16 heavy (non-hydrogen) atoms. The van der Waals surface area contributed by atoms with E-state index in [9.17, 15) is 0 Å². The Kier molecular flexibility index (Phi) is 3.91. The fourth-order valence-electron chi connectivity index (χ4n) is 1.98. The number of hydrogen-bond donors (Lipinski definition) is 2. The van der Waals surface area contributed by atoms with Crippen molar-refractivity contribution in [1.82, 2.24) is 5.32 Å². The molecule has 0 aromatic heterocycles. The van der Waals surface area contributed by atoms with Gasteiger partial charge in [0.2, 0.25) is 0 Å². The zero-order valence-corrected chi connectivity index (χ0v) is 10.2. The molecule has 0 saturated carbocycles. The zero-order chi connectivity index (χ0) is 11.4. The van der Waals surface area contributed by atoms with Crippen LogP contribution in [0.15, 0.2) is 18.2 Å². The van der Waals surface area contributed by atoms with Crippen molar-refractivity contribution in [3.63, 3.8) is 0 Å². The Balaban J connectivity index is 2.09. The highest BCUT2D eigenvalue weighted by Gasteiger charge is 2.14. The van der Waals surface area contributed by atoms with Crippen LogP contribution in [0.1, 0.15) is 12.8 Å². The van der Waals surface area contributed by atoms with Crippen molar-refractivity contribution in [1.29, 1.82) is 0 Å². The van der Waals surface area contributed by atoms with Crippen molar-refractivity contribution in [3.05, 3.63) is 23.2 Å². The van der Waals surface area contributed by atoms with E-state index in [1.807, 2.05) is 18.2 Å². The van der Waals surface area contributed by atoms with Crippen LogP contribution in [0.5, 0.6) is 5.75 Å². The molecule has 1 saturated heterocycles. The minimum atomic E-state index is 0.508. The molecule has 0 spiro atoms. The molecule has 2 rings (SSSR count). The van der Waals surface area contributed by atoms with Gasteiger partial charge in [0.15, 0.2) is 0 Å². The van der Waals surface area contributed by atoms with Crippen LogP contribution < -0.4 is 15.4 Å². The van der Waals surface area contributed by atoms with E-state index in [4.69, 9.17) is 16.3 Å². The van der Waals surface area contributed by atoms with Gasteiger partial charge in [0.1, 0.15) is 5.75 Å². The van der Waals surface area contributed by atoms with Gasteiger partial charge in [-0.3, -0.25) is 0 Å². The molecule has 1 aliphatic rings. The van der Waals surface area contributed by atoms with Gasteiger partial charge in [-0.25, -0.2) is 0 Å². The second kappa shape index (κ2) is 5.41. The largest absolute Gasteiger partial charge is 0.495 e. The van der Waals surface area contributed by atoms with Crippen LogP contribution in [0.2, 0.25) is 5.02 Å². The molecular weight excluding hydrogens is 224 g/mol. The average molecular weight is 241 g/mol. The highest BCUT2D eigenvalue weighted by atomic mass is 35.5. The highest BCUT2D eigenvalue weighted by Crippen LogP contribution is 2.29. The first-order valence-corrected chi connectivity index (χ1v) is 5.98. The summed E-state index contributed by atoms with van der Waals surface area (Å²) < 4.78 is 5.31. The molecule has 1 aliphatic heterocycles. The summed E-state index contributed by atoms with van der Waals surface area (Å²) in [5, 5.41) is 7.57. The first-order chi connectivity index (χ1) is 7.79. The molecule has 3 nitrogen and oxygen atoms in total. The predicted octanol–water partition coefficient (Wildman–Crippen LogP) is 2.51. The second-order valence-electron chi connectivity index (χ2n) is 4.01. The third-order valence-corrected chi connectivity index (χ3v) is 3.10. The van der Waals surface area contributed by atoms with Crippen LogP contribution in [0.3, 0.4) is 0 Å². The van der Waals surface area contributed by atoms with Crippen LogP contribution in [-0.4, -0.2) is 26.2 Å². The monoisotopic (exact) mass is 240 g/mol. The van der Waals surface area contributed by atoms with E-state index in [0.717, 1.165) is 42.4 Å². The van der Waals surface area contributed by atoms with Crippen molar-refractivity contribution >= 4 is 17.3 Å². The number of halogens is 1. The van der Waals surface area contributed by atoms with E-state index in [1.54, 1.807) is 7.11 Å². The molecule has 1 aromatic rings. The first-order valence-electron chi connectivity index (χ1n) is 5.60. The molecule has 4 heteroatoms.